The van der Waals surface area contributed by atoms with Crippen LogP contribution in [-0.4, -0.2) is 49.8 Å². The summed E-state index contributed by atoms with van der Waals surface area (Å²) >= 11 is 4.71. The molecule has 2 N–H and O–H groups in total. The number of thiocarbonyl (C=S) groups is 1. The van der Waals surface area contributed by atoms with Crippen molar-refractivity contribution < 1.29 is 13.2 Å². The molecule has 0 amide bonds. The van der Waals surface area contributed by atoms with E-state index in [1.807, 2.05) is 0 Å². The van der Waals surface area contributed by atoms with Gasteiger partial charge in [-0.05, 0) is 13.8 Å². The number of sulfonamides is 1. The smallest absolute Gasteiger partial charge is 0.216 e. The van der Waals surface area contributed by atoms with Crippen LogP contribution in [-0.2, 0) is 14.8 Å². The second-order valence-electron chi connectivity index (χ2n) is 3.41. The van der Waals surface area contributed by atoms with Gasteiger partial charge in [-0.25, -0.2) is 8.42 Å². The molecule has 0 aromatic rings. The molecule has 0 aromatic carbocycles. The topological polar surface area (TPSA) is 72.6 Å². The molecule has 0 aromatic heterocycles. The summed E-state index contributed by atoms with van der Waals surface area (Å²) < 4.78 is 29.6. The first kappa shape index (κ1) is 14.8. The zero-order chi connectivity index (χ0) is 12.1. The summed E-state index contributed by atoms with van der Waals surface area (Å²) in [6.45, 7) is 3.81. The van der Waals surface area contributed by atoms with Crippen LogP contribution < -0.4 is 5.73 Å². The number of rotatable bonds is 7. The van der Waals surface area contributed by atoms with Gasteiger partial charge in [-0.15, -0.1) is 0 Å². The van der Waals surface area contributed by atoms with Gasteiger partial charge in [0.15, 0.2) is 0 Å². The molecular weight excluding hydrogens is 236 g/mol. The first-order valence-electron chi connectivity index (χ1n) is 4.58. The first-order valence-corrected chi connectivity index (χ1v) is 6.59. The summed E-state index contributed by atoms with van der Waals surface area (Å²) in [5.41, 5.74) is 5.35. The van der Waals surface area contributed by atoms with Crippen molar-refractivity contribution in [1.82, 2.24) is 4.31 Å². The maximum absolute atomic E-state index is 11.8. The third-order valence-corrected chi connectivity index (χ3v) is 3.87. The molecule has 0 heterocycles. The summed E-state index contributed by atoms with van der Waals surface area (Å²) in [5.74, 6) is -0.0513. The van der Waals surface area contributed by atoms with Gasteiger partial charge in [0, 0.05) is 13.2 Å². The van der Waals surface area contributed by atoms with E-state index < -0.39 is 10.0 Å². The molecule has 0 aliphatic rings. The van der Waals surface area contributed by atoms with Crippen LogP contribution in [0.4, 0.5) is 0 Å². The van der Waals surface area contributed by atoms with Gasteiger partial charge in [0.2, 0.25) is 10.0 Å². The lowest BCUT2D eigenvalue weighted by atomic mass is 10.4. The highest BCUT2D eigenvalue weighted by Gasteiger charge is 2.24. The van der Waals surface area contributed by atoms with Gasteiger partial charge in [-0.2, -0.15) is 4.31 Å². The number of methoxy groups -OCH3 is 1. The molecule has 0 rings (SSSR count). The maximum atomic E-state index is 11.8. The van der Waals surface area contributed by atoms with Gasteiger partial charge in [0.05, 0.1) is 23.9 Å². The Morgan fingerprint density at radius 2 is 2.07 bits per heavy atom. The highest BCUT2D eigenvalue weighted by molar-refractivity contribution is 7.89. The lowest BCUT2D eigenvalue weighted by molar-refractivity contribution is 0.215. The molecule has 0 radical (unpaired) electrons. The van der Waals surface area contributed by atoms with E-state index >= 15 is 0 Å². The molecule has 0 saturated carbocycles. The van der Waals surface area contributed by atoms with Crippen LogP contribution in [0, 0.1) is 0 Å². The molecule has 7 heteroatoms. The predicted molar refractivity (Wildman–Crippen MR) is 64.3 cm³/mol. The van der Waals surface area contributed by atoms with E-state index in [4.69, 9.17) is 22.7 Å². The van der Waals surface area contributed by atoms with Crippen molar-refractivity contribution in [2.75, 3.05) is 26.0 Å². The summed E-state index contributed by atoms with van der Waals surface area (Å²) in [5, 5.41) is 0. The monoisotopic (exact) mass is 254 g/mol. The van der Waals surface area contributed by atoms with Gasteiger partial charge in [-0.1, -0.05) is 12.2 Å². The van der Waals surface area contributed by atoms with Crippen LogP contribution in [0.5, 0.6) is 0 Å². The molecule has 0 unspecified atom stereocenters. The van der Waals surface area contributed by atoms with Crippen LogP contribution >= 0.6 is 12.2 Å². The van der Waals surface area contributed by atoms with E-state index in [9.17, 15) is 8.42 Å². The second kappa shape index (κ2) is 6.37. The Labute approximate surface area is 96.6 Å². The summed E-state index contributed by atoms with van der Waals surface area (Å²) in [6, 6.07) is -0.159. The van der Waals surface area contributed by atoms with Gasteiger partial charge in [0.25, 0.3) is 0 Å². The minimum absolute atomic E-state index is 0.0513. The minimum atomic E-state index is -3.34. The molecule has 0 saturated heterocycles. The van der Waals surface area contributed by atoms with Gasteiger partial charge in [0.1, 0.15) is 0 Å². The first-order chi connectivity index (χ1) is 6.81. The van der Waals surface area contributed by atoms with E-state index in [1.165, 1.54) is 11.4 Å². The SMILES string of the molecule is COCCS(=O)(=O)N(CC(N)=S)C(C)C. The Bertz CT molecular complexity index is 301. The van der Waals surface area contributed by atoms with Crippen LogP contribution in [0.3, 0.4) is 0 Å². The highest BCUT2D eigenvalue weighted by atomic mass is 32.2. The van der Waals surface area contributed by atoms with Gasteiger partial charge < -0.3 is 10.5 Å². The number of hydrogen-bond donors (Lipinski definition) is 1. The Morgan fingerprint density at radius 3 is 2.40 bits per heavy atom. The number of hydrogen-bond acceptors (Lipinski definition) is 4. The summed E-state index contributed by atoms with van der Waals surface area (Å²) in [7, 11) is -1.88. The minimum Gasteiger partial charge on any atom is -0.392 e. The van der Waals surface area contributed by atoms with Gasteiger partial charge in [-0.3, -0.25) is 0 Å². The van der Waals surface area contributed by atoms with Crippen molar-refractivity contribution in [2.24, 2.45) is 5.73 Å². The Kier molecular flexibility index (Phi) is 6.26. The van der Waals surface area contributed by atoms with Crippen molar-refractivity contribution in [3.8, 4) is 0 Å². The van der Waals surface area contributed by atoms with Gasteiger partial charge >= 0.3 is 0 Å². The summed E-state index contributed by atoms with van der Waals surface area (Å²) in [6.07, 6.45) is 0. The average molecular weight is 254 g/mol. The quantitative estimate of drug-likeness (QED) is 0.645. The van der Waals surface area contributed by atoms with E-state index in [0.29, 0.717) is 0 Å². The van der Waals surface area contributed by atoms with Crippen molar-refractivity contribution in [3.63, 3.8) is 0 Å². The van der Waals surface area contributed by atoms with E-state index in [1.54, 1.807) is 13.8 Å². The number of nitrogens with two attached hydrogens (primary N) is 1. The Morgan fingerprint density at radius 1 is 1.53 bits per heavy atom. The lowest BCUT2D eigenvalue weighted by Gasteiger charge is -2.25. The fraction of sp³-hybridized carbons (Fsp3) is 0.875. The Balaban J connectivity index is 4.67. The molecule has 90 valence electrons. The second-order valence-corrected chi connectivity index (χ2v) is 5.98. The Hall–Kier alpha value is -0.240. The fourth-order valence-corrected chi connectivity index (χ4v) is 2.87. The van der Waals surface area contributed by atoms with Crippen molar-refractivity contribution in [3.05, 3.63) is 0 Å². The van der Waals surface area contributed by atoms with Crippen molar-refractivity contribution >= 4 is 27.2 Å². The predicted octanol–water partition coefficient (Wildman–Crippen LogP) is -0.0409. The fourth-order valence-electron chi connectivity index (χ4n) is 1.06. The van der Waals surface area contributed by atoms with Crippen LogP contribution in [0.1, 0.15) is 13.8 Å². The maximum Gasteiger partial charge on any atom is 0.216 e. The average Bonchev–Trinajstić information content (AvgIpc) is 2.10. The van der Waals surface area contributed by atoms with Crippen molar-refractivity contribution in [2.45, 2.75) is 19.9 Å². The molecule has 0 aliphatic carbocycles. The molecule has 0 aliphatic heterocycles. The van der Waals surface area contributed by atoms with Crippen LogP contribution in [0.15, 0.2) is 0 Å². The highest BCUT2D eigenvalue weighted by Crippen LogP contribution is 2.07. The van der Waals surface area contributed by atoms with E-state index in [-0.39, 0.29) is 29.9 Å². The molecule has 0 bridgehead atoms. The third kappa shape index (κ3) is 5.41. The van der Waals surface area contributed by atoms with Crippen molar-refractivity contribution in [1.29, 1.82) is 0 Å². The molecule has 0 spiro atoms. The molecule has 5 nitrogen and oxygen atoms in total. The normalized spacial score (nSPS) is 12.3. The largest absolute Gasteiger partial charge is 0.392 e. The van der Waals surface area contributed by atoms with E-state index in [0.717, 1.165) is 0 Å². The lowest BCUT2D eigenvalue weighted by Crippen LogP contribution is -2.43. The van der Waals surface area contributed by atoms with E-state index in [2.05, 4.69) is 0 Å². The zero-order valence-corrected chi connectivity index (χ0v) is 10.9. The molecular formula is C8H18N2O3S2. The molecule has 0 fully saturated rings. The number of nitrogens with zero attached hydrogens (tertiary/aromatic N) is 1. The molecule has 0 atom stereocenters. The molecule has 15 heavy (non-hydrogen) atoms. The zero-order valence-electron chi connectivity index (χ0n) is 9.26. The summed E-state index contributed by atoms with van der Waals surface area (Å²) in [4.78, 5) is 0.171. The van der Waals surface area contributed by atoms with Crippen LogP contribution in [0.25, 0.3) is 0 Å². The van der Waals surface area contributed by atoms with Crippen LogP contribution in [0.2, 0.25) is 0 Å². The number of ether oxygens (including phenoxy) is 1. The standard InChI is InChI=1S/C8H18N2O3S2/c1-7(2)10(6-8(9)14)15(11,12)5-4-13-3/h7H,4-6H2,1-3H3,(H2,9,14). The third-order valence-electron chi connectivity index (χ3n) is 1.79.